The molecule has 3 rings (SSSR count). The van der Waals surface area contributed by atoms with Crippen LogP contribution in [-0.4, -0.2) is 14.2 Å². The first-order valence-electron chi connectivity index (χ1n) is 9.25. The minimum atomic E-state index is 0.459. The van der Waals surface area contributed by atoms with E-state index < -0.39 is 0 Å². The quantitative estimate of drug-likeness (QED) is 0.389. The third kappa shape index (κ3) is 5.18. The molecule has 3 aromatic carbocycles. The highest BCUT2D eigenvalue weighted by Crippen LogP contribution is 2.30. The average Bonchev–Trinajstić information content (AvgIpc) is 2.77. The second-order valence-electron chi connectivity index (χ2n) is 6.58. The summed E-state index contributed by atoms with van der Waals surface area (Å²) >= 11 is 0. The number of aryl methyl sites for hydroxylation is 1. The van der Waals surface area contributed by atoms with E-state index in [2.05, 4.69) is 25.1 Å². The predicted molar refractivity (Wildman–Crippen MR) is 115 cm³/mol. The number of hydrogen-bond donors (Lipinski definition) is 0. The molecule has 0 amide bonds. The van der Waals surface area contributed by atoms with Crippen molar-refractivity contribution in [2.24, 2.45) is 0 Å². The van der Waals surface area contributed by atoms with Gasteiger partial charge in [-0.2, -0.15) is 5.26 Å². The summed E-state index contributed by atoms with van der Waals surface area (Å²) in [6.45, 7) is 2.52. The van der Waals surface area contributed by atoms with Crippen molar-refractivity contribution in [1.29, 1.82) is 5.26 Å². The van der Waals surface area contributed by atoms with Gasteiger partial charge >= 0.3 is 0 Å². The van der Waals surface area contributed by atoms with Gasteiger partial charge in [0.15, 0.2) is 11.5 Å². The van der Waals surface area contributed by atoms with Crippen LogP contribution in [0.25, 0.3) is 11.6 Å². The third-order valence-corrected chi connectivity index (χ3v) is 4.54. The first kappa shape index (κ1) is 20.0. The molecular formula is C25H23NO3. The average molecular weight is 385 g/mol. The molecule has 0 bridgehead atoms. The zero-order valence-electron chi connectivity index (χ0n) is 16.8. The summed E-state index contributed by atoms with van der Waals surface area (Å²) in [5.41, 5.74) is 4.55. The Morgan fingerprint density at radius 1 is 0.897 bits per heavy atom. The maximum absolute atomic E-state index is 9.57. The van der Waals surface area contributed by atoms with Crippen LogP contribution in [0.4, 0.5) is 0 Å². The molecule has 29 heavy (non-hydrogen) atoms. The molecule has 0 saturated heterocycles. The molecule has 0 aromatic heterocycles. The number of hydrogen-bond acceptors (Lipinski definition) is 4. The zero-order valence-corrected chi connectivity index (χ0v) is 16.8. The SMILES string of the molecule is COc1ccc(/C(C#N)=C/c2ccc(OCc3ccc(C)cc3)c(OC)c2)cc1. The van der Waals surface area contributed by atoms with Gasteiger partial charge in [-0.15, -0.1) is 0 Å². The largest absolute Gasteiger partial charge is 0.497 e. The topological polar surface area (TPSA) is 51.5 Å². The van der Waals surface area contributed by atoms with Crippen LogP contribution in [0.1, 0.15) is 22.3 Å². The minimum Gasteiger partial charge on any atom is -0.497 e. The first-order valence-corrected chi connectivity index (χ1v) is 9.25. The molecule has 3 aromatic rings. The smallest absolute Gasteiger partial charge is 0.161 e. The van der Waals surface area contributed by atoms with E-state index in [4.69, 9.17) is 14.2 Å². The van der Waals surface area contributed by atoms with E-state index in [0.717, 1.165) is 22.4 Å². The van der Waals surface area contributed by atoms with Crippen molar-refractivity contribution < 1.29 is 14.2 Å². The second kappa shape index (κ2) is 9.48. The molecule has 0 atom stereocenters. The Kier molecular flexibility index (Phi) is 6.55. The number of nitrogens with zero attached hydrogens (tertiary/aromatic N) is 1. The highest BCUT2D eigenvalue weighted by Gasteiger charge is 2.08. The van der Waals surface area contributed by atoms with E-state index in [1.807, 2.05) is 60.7 Å². The van der Waals surface area contributed by atoms with Gasteiger partial charge in [-0.05, 0) is 66.1 Å². The Morgan fingerprint density at radius 2 is 1.62 bits per heavy atom. The third-order valence-electron chi connectivity index (χ3n) is 4.54. The van der Waals surface area contributed by atoms with Gasteiger partial charge in [0.05, 0.1) is 25.9 Å². The number of rotatable bonds is 7. The molecule has 0 heterocycles. The van der Waals surface area contributed by atoms with Gasteiger partial charge in [-0.25, -0.2) is 0 Å². The van der Waals surface area contributed by atoms with Crippen LogP contribution < -0.4 is 14.2 Å². The predicted octanol–water partition coefficient (Wildman–Crippen LogP) is 5.66. The molecule has 0 spiro atoms. The summed E-state index contributed by atoms with van der Waals surface area (Å²) in [5.74, 6) is 2.04. The van der Waals surface area contributed by atoms with E-state index >= 15 is 0 Å². The Labute approximate surface area is 171 Å². The van der Waals surface area contributed by atoms with Crippen molar-refractivity contribution in [2.45, 2.75) is 13.5 Å². The lowest BCUT2D eigenvalue weighted by Crippen LogP contribution is -1.98. The summed E-state index contributed by atoms with van der Waals surface area (Å²) in [5, 5.41) is 9.57. The van der Waals surface area contributed by atoms with Crippen LogP contribution in [-0.2, 0) is 6.61 Å². The molecule has 4 nitrogen and oxygen atoms in total. The van der Waals surface area contributed by atoms with E-state index in [9.17, 15) is 5.26 Å². The summed E-state index contributed by atoms with van der Waals surface area (Å²) in [6, 6.07) is 23.5. The Balaban J connectivity index is 1.80. The van der Waals surface area contributed by atoms with Gasteiger partial charge in [0.2, 0.25) is 0 Å². The minimum absolute atomic E-state index is 0.459. The van der Waals surface area contributed by atoms with E-state index in [0.29, 0.717) is 23.7 Å². The van der Waals surface area contributed by atoms with Crippen molar-refractivity contribution in [3.63, 3.8) is 0 Å². The molecule has 4 heteroatoms. The Hall–Kier alpha value is -3.71. The molecule has 0 fully saturated rings. The molecule has 0 unspecified atom stereocenters. The van der Waals surface area contributed by atoms with Gasteiger partial charge in [0.25, 0.3) is 0 Å². The van der Waals surface area contributed by atoms with E-state index in [-0.39, 0.29) is 0 Å². The monoisotopic (exact) mass is 385 g/mol. The van der Waals surface area contributed by atoms with Gasteiger partial charge in [0.1, 0.15) is 12.4 Å². The number of allylic oxidation sites excluding steroid dienone is 1. The molecule has 0 aliphatic rings. The van der Waals surface area contributed by atoms with Crippen LogP contribution in [0.15, 0.2) is 66.7 Å². The van der Waals surface area contributed by atoms with Crippen molar-refractivity contribution in [2.75, 3.05) is 14.2 Å². The molecule has 146 valence electrons. The van der Waals surface area contributed by atoms with Crippen LogP contribution in [0.3, 0.4) is 0 Å². The van der Waals surface area contributed by atoms with Crippen molar-refractivity contribution in [3.05, 3.63) is 89.0 Å². The highest BCUT2D eigenvalue weighted by molar-refractivity contribution is 5.90. The van der Waals surface area contributed by atoms with Crippen molar-refractivity contribution >= 4 is 11.6 Å². The summed E-state index contributed by atoms with van der Waals surface area (Å²) < 4.78 is 16.6. The number of ether oxygens (including phenoxy) is 3. The number of benzene rings is 3. The summed E-state index contributed by atoms with van der Waals surface area (Å²) in [4.78, 5) is 0. The lowest BCUT2D eigenvalue weighted by atomic mass is 10.0. The lowest BCUT2D eigenvalue weighted by molar-refractivity contribution is 0.284. The second-order valence-corrected chi connectivity index (χ2v) is 6.58. The molecule has 0 radical (unpaired) electrons. The molecule has 0 aliphatic heterocycles. The van der Waals surface area contributed by atoms with Crippen molar-refractivity contribution in [3.8, 4) is 23.3 Å². The van der Waals surface area contributed by atoms with E-state index in [1.165, 1.54) is 5.56 Å². The highest BCUT2D eigenvalue weighted by atomic mass is 16.5. The normalized spacial score (nSPS) is 10.9. The lowest BCUT2D eigenvalue weighted by Gasteiger charge is -2.12. The maximum atomic E-state index is 9.57. The van der Waals surface area contributed by atoms with Crippen LogP contribution >= 0.6 is 0 Å². The Morgan fingerprint density at radius 3 is 2.24 bits per heavy atom. The standard InChI is InChI=1S/C25H23NO3/c1-18-4-6-19(7-5-18)17-29-24-13-8-20(15-25(24)28-3)14-22(16-26)21-9-11-23(27-2)12-10-21/h4-15H,17H2,1-3H3/b22-14+. The fraction of sp³-hybridized carbons (Fsp3) is 0.160. The summed E-state index contributed by atoms with van der Waals surface area (Å²) in [7, 11) is 3.22. The molecule has 0 saturated carbocycles. The maximum Gasteiger partial charge on any atom is 0.161 e. The van der Waals surface area contributed by atoms with Gasteiger partial charge in [-0.1, -0.05) is 35.9 Å². The Bertz CT molecular complexity index is 1030. The fourth-order valence-corrected chi connectivity index (χ4v) is 2.86. The van der Waals surface area contributed by atoms with Gasteiger partial charge in [-0.3, -0.25) is 0 Å². The van der Waals surface area contributed by atoms with Gasteiger partial charge < -0.3 is 14.2 Å². The zero-order chi connectivity index (χ0) is 20.6. The molecule has 0 aliphatic carbocycles. The molecular weight excluding hydrogens is 362 g/mol. The first-order chi connectivity index (χ1) is 14.1. The fourth-order valence-electron chi connectivity index (χ4n) is 2.86. The van der Waals surface area contributed by atoms with Gasteiger partial charge in [0, 0.05) is 0 Å². The van der Waals surface area contributed by atoms with Crippen LogP contribution in [0, 0.1) is 18.3 Å². The van der Waals surface area contributed by atoms with Crippen molar-refractivity contribution in [1.82, 2.24) is 0 Å². The molecule has 0 N–H and O–H groups in total. The van der Waals surface area contributed by atoms with Crippen LogP contribution in [0.5, 0.6) is 17.2 Å². The summed E-state index contributed by atoms with van der Waals surface area (Å²) in [6.07, 6.45) is 1.83. The number of nitriles is 1. The van der Waals surface area contributed by atoms with E-state index in [1.54, 1.807) is 14.2 Å². The van der Waals surface area contributed by atoms with Crippen LogP contribution in [0.2, 0.25) is 0 Å². The number of methoxy groups -OCH3 is 2.